The number of nitrogens with one attached hydrogen (secondary N) is 1. The van der Waals surface area contributed by atoms with E-state index in [9.17, 15) is 4.79 Å². The van der Waals surface area contributed by atoms with Crippen molar-refractivity contribution >= 4 is 17.4 Å². The van der Waals surface area contributed by atoms with Crippen LogP contribution in [0.4, 0.5) is 5.82 Å². The van der Waals surface area contributed by atoms with E-state index >= 15 is 0 Å². The zero-order valence-electron chi connectivity index (χ0n) is 16.6. The fraction of sp³-hybridized carbons (Fsp3) is 0.105. The predicted molar refractivity (Wildman–Crippen MR) is 109 cm³/mol. The average Bonchev–Trinajstić information content (AvgIpc) is 3.56. The second-order valence-corrected chi connectivity index (χ2v) is 6.59. The second kappa shape index (κ2) is 7.79. The van der Waals surface area contributed by atoms with Crippen molar-refractivity contribution in [1.29, 1.82) is 0 Å². The standard InChI is InChI=1S/C19H15N9O4/c1-10(12-4-2-3-7-21-12)22-24-19(29)15-16(11-5-6-13-14(8-11)31-9-30-13)28(27-23-15)18-17(20)25-32-26-18/h2-8H,9H2,1H3,(H2,20,25)(H,24,29)/b22-10+. The van der Waals surface area contributed by atoms with Gasteiger partial charge in [-0.2, -0.15) is 9.78 Å². The minimum absolute atomic E-state index is 0.0205. The van der Waals surface area contributed by atoms with E-state index in [1.165, 1.54) is 4.68 Å². The number of benzene rings is 1. The van der Waals surface area contributed by atoms with Gasteiger partial charge in [-0.1, -0.05) is 11.3 Å². The Bertz CT molecular complexity index is 1330. The summed E-state index contributed by atoms with van der Waals surface area (Å²) in [5, 5.41) is 19.5. The molecule has 0 unspecified atom stereocenters. The molecule has 13 nitrogen and oxygen atoms in total. The summed E-state index contributed by atoms with van der Waals surface area (Å²) in [7, 11) is 0. The lowest BCUT2D eigenvalue weighted by Crippen LogP contribution is -2.21. The molecule has 1 aliphatic heterocycles. The second-order valence-electron chi connectivity index (χ2n) is 6.59. The molecular weight excluding hydrogens is 418 g/mol. The number of carbonyl (C=O) groups excluding carboxylic acids is 1. The van der Waals surface area contributed by atoms with Gasteiger partial charge in [0.2, 0.25) is 18.4 Å². The summed E-state index contributed by atoms with van der Waals surface area (Å²) < 4.78 is 16.7. The van der Waals surface area contributed by atoms with Crippen LogP contribution in [-0.4, -0.2) is 48.7 Å². The highest BCUT2D eigenvalue weighted by Gasteiger charge is 2.26. The molecule has 32 heavy (non-hydrogen) atoms. The van der Waals surface area contributed by atoms with Crippen LogP contribution in [0, 0.1) is 0 Å². The molecule has 5 rings (SSSR count). The molecular formula is C19H15N9O4. The molecule has 13 heteroatoms. The number of nitrogens with zero attached hydrogens (tertiary/aromatic N) is 7. The Labute approximate surface area is 179 Å². The van der Waals surface area contributed by atoms with Gasteiger partial charge in [-0.15, -0.1) is 5.10 Å². The SMILES string of the molecule is C/C(=N\NC(=O)c1nnn(-c2nonc2N)c1-c1ccc2c(c1)OCO2)c1ccccn1. The van der Waals surface area contributed by atoms with Gasteiger partial charge in [-0.3, -0.25) is 9.78 Å². The van der Waals surface area contributed by atoms with Crippen molar-refractivity contribution < 1.29 is 18.9 Å². The number of ether oxygens (including phenoxy) is 2. The fourth-order valence-corrected chi connectivity index (χ4v) is 3.05. The van der Waals surface area contributed by atoms with Gasteiger partial charge in [0.1, 0.15) is 5.69 Å². The van der Waals surface area contributed by atoms with E-state index in [2.05, 4.69) is 40.8 Å². The van der Waals surface area contributed by atoms with Gasteiger partial charge in [0.25, 0.3) is 5.91 Å². The van der Waals surface area contributed by atoms with E-state index in [1.54, 1.807) is 43.5 Å². The van der Waals surface area contributed by atoms with Crippen molar-refractivity contribution in [3.63, 3.8) is 0 Å². The van der Waals surface area contributed by atoms with Crippen LogP contribution in [-0.2, 0) is 0 Å². The number of rotatable bonds is 5. The number of nitrogen functional groups attached to an aromatic ring is 1. The Morgan fingerprint density at radius 3 is 2.84 bits per heavy atom. The molecule has 1 aliphatic rings. The summed E-state index contributed by atoms with van der Waals surface area (Å²) in [6.45, 7) is 1.82. The number of amides is 1. The van der Waals surface area contributed by atoms with Crippen molar-refractivity contribution in [2.75, 3.05) is 12.5 Å². The van der Waals surface area contributed by atoms with Gasteiger partial charge in [0.15, 0.2) is 17.2 Å². The summed E-state index contributed by atoms with van der Waals surface area (Å²) in [6.07, 6.45) is 1.63. The van der Waals surface area contributed by atoms with E-state index in [0.717, 1.165) is 0 Å². The number of pyridine rings is 1. The zero-order chi connectivity index (χ0) is 22.1. The normalized spacial score (nSPS) is 12.7. The molecule has 1 aromatic carbocycles. The first-order valence-corrected chi connectivity index (χ1v) is 9.32. The monoisotopic (exact) mass is 433 g/mol. The lowest BCUT2D eigenvalue weighted by atomic mass is 10.1. The van der Waals surface area contributed by atoms with Crippen molar-refractivity contribution in [2.24, 2.45) is 5.10 Å². The van der Waals surface area contributed by atoms with E-state index in [-0.39, 0.29) is 29.8 Å². The molecule has 3 N–H and O–H groups in total. The van der Waals surface area contributed by atoms with Gasteiger partial charge >= 0.3 is 0 Å². The maximum absolute atomic E-state index is 13.0. The lowest BCUT2D eigenvalue weighted by molar-refractivity contribution is 0.0950. The highest BCUT2D eigenvalue weighted by Crippen LogP contribution is 2.37. The van der Waals surface area contributed by atoms with Crippen LogP contribution in [0.15, 0.2) is 52.3 Å². The molecule has 4 heterocycles. The topological polar surface area (TPSA) is 168 Å². The van der Waals surface area contributed by atoms with Crippen LogP contribution >= 0.6 is 0 Å². The van der Waals surface area contributed by atoms with Gasteiger partial charge in [0.05, 0.1) is 11.4 Å². The van der Waals surface area contributed by atoms with Crippen LogP contribution in [0.5, 0.6) is 11.5 Å². The van der Waals surface area contributed by atoms with Crippen LogP contribution in [0.2, 0.25) is 0 Å². The first kappa shape index (κ1) is 19.2. The number of nitrogens with two attached hydrogens (primary N) is 1. The molecule has 0 bridgehead atoms. The average molecular weight is 433 g/mol. The minimum Gasteiger partial charge on any atom is -0.454 e. The van der Waals surface area contributed by atoms with Crippen molar-refractivity contribution in [1.82, 2.24) is 35.7 Å². The van der Waals surface area contributed by atoms with Gasteiger partial charge in [-0.05, 0) is 47.6 Å². The molecule has 4 aromatic rings. The molecule has 160 valence electrons. The van der Waals surface area contributed by atoms with Crippen molar-refractivity contribution in [3.05, 3.63) is 54.0 Å². The Balaban J connectivity index is 1.55. The number of hydrazone groups is 1. The summed E-state index contributed by atoms with van der Waals surface area (Å²) in [4.78, 5) is 17.2. The third kappa shape index (κ3) is 3.36. The molecule has 0 saturated heterocycles. The fourth-order valence-electron chi connectivity index (χ4n) is 3.05. The number of hydrogen-bond donors (Lipinski definition) is 2. The molecule has 0 fully saturated rings. The lowest BCUT2D eigenvalue weighted by Gasteiger charge is -2.07. The summed E-state index contributed by atoms with van der Waals surface area (Å²) in [5.41, 5.74) is 10.3. The first-order valence-electron chi connectivity index (χ1n) is 9.32. The van der Waals surface area contributed by atoms with Crippen molar-refractivity contribution in [2.45, 2.75) is 6.92 Å². The molecule has 0 saturated carbocycles. The van der Waals surface area contributed by atoms with E-state index in [4.69, 9.17) is 15.2 Å². The first-order chi connectivity index (χ1) is 15.6. The van der Waals surface area contributed by atoms with Gasteiger partial charge in [-0.25, -0.2) is 10.1 Å². The summed E-state index contributed by atoms with van der Waals surface area (Å²) in [6, 6.07) is 10.5. The Morgan fingerprint density at radius 2 is 2.06 bits per heavy atom. The minimum atomic E-state index is -0.603. The maximum Gasteiger partial charge on any atom is 0.294 e. The number of anilines is 1. The molecule has 0 spiro atoms. The Kier molecular flexibility index (Phi) is 4.67. The summed E-state index contributed by atoms with van der Waals surface area (Å²) in [5.74, 6) is 0.549. The Hall–Kier alpha value is -4.81. The third-order valence-corrected chi connectivity index (χ3v) is 4.59. The molecule has 0 radical (unpaired) electrons. The predicted octanol–water partition coefficient (Wildman–Crippen LogP) is 1.18. The molecule has 0 atom stereocenters. The maximum atomic E-state index is 13.0. The number of hydrogen-bond acceptors (Lipinski definition) is 11. The third-order valence-electron chi connectivity index (χ3n) is 4.59. The molecule has 1 amide bonds. The number of fused-ring (bicyclic) bond motifs is 1. The van der Waals surface area contributed by atoms with E-state index in [0.29, 0.717) is 28.5 Å². The van der Waals surface area contributed by atoms with Crippen LogP contribution in [0.1, 0.15) is 23.1 Å². The zero-order valence-corrected chi connectivity index (χ0v) is 16.6. The molecule has 0 aliphatic carbocycles. The Morgan fingerprint density at radius 1 is 1.19 bits per heavy atom. The van der Waals surface area contributed by atoms with Crippen LogP contribution in [0.25, 0.3) is 17.1 Å². The highest BCUT2D eigenvalue weighted by atomic mass is 16.7. The van der Waals surface area contributed by atoms with Crippen molar-refractivity contribution in [3.8, 4) is 28.6 Å². The van der Waals surface area contributed by atoms with Gasteiger partial charge in [0, 0.05) is 11.8 Å². The van der Waals surface area contributed by atoms with Gasteiger partial charge < -0.3 is 15.2 Å². The highest BCUT2D eigenvalue weighted by molar-refractivity contribution is 6.01. The largest absolute Gasteiger partial charge is 0.454 e. The number of aromatic nitrogens is 6. The smallest absolute Gasteiger partial charge is 0.294 e. The quantitative estimate of drug-likeness (QED) is 0.344. The van der Waals surface area contributed by atoms with Crippen LogP contribution in [0.3, 0.4) is 0 Å². The molecule has 3 aromatic heterocycles. The summed E-state index contributed by atoms with van der Waals surface area (Å²) >= 11 is 0. The number of carbonyl (C=O) groups is 1. The van der Waals surface area contributed by atoms with Crippen LogP contribution < -0.4 is 20.6 Å². The van der Waals surface area contributed by atoms with E-state index < -0.39 is 5.91 Å². The van der Waals surface area contributed by atoms with E-state index in [1.807, 2.05) is 6.07 Å².